The van der Waals surface area contributed by atoms with Gasteiger partial charge in [0.15, 0.2) is 0 Å². The number of hydrogen-bond acceptors (Lipinski definition) is 6. The van der Waals surface area contributed by atoms with Crippen LogP contribution in [0, 0.1) is 5.92 Å². The monoisotopic (exact) mass is 501 g/mol. The van der Waals surface area contributed by atoms with Gasteiger partial charge in [0.2, 0.25) is 11.8 Å². The van der Waals surface area contributed by atoms with Crippen molar-refractivity contribution in [2.45, 2.75) is 104 Å². The van der Waals surface area contributed by atoms with Crippen molar-refractivity contribution in [1.82, 2.24) is 15.5 Å². The first-order valence-electron chi connectivity index (χ1n) is 12.6. The quantitative estimate of drug-likeness (QED) is 0.393. The summed E-state index contributed by atoms with van der Waals surface area (Å²) in [5.74, 6) is -1.08. The molecule has 1 saturated carbocycles. The number of nitrogens with one attached hydrogen (secondary N) is 2. The van der Waals surface area contributed by atoms with Crippen molar-refractivity contribution in [2.75, 3.05) is 20.2 Å². The molecule has 0 aromatic heterocycles. The van der Waals surface area contributed by atoms with Gasteiger partial charge >= 0.3 is 12.1 Å². The third kappa shape index (κ3) is 10.3. The van der Waals surface area contributed by atoms with Crippen LogP contribution in [0.2, 0.25) is 0 Å². The number of methoxy groups -OCH3 is 1. The Morgan fingerprint density at radius 3 is 2.23 bits per heavy atom. The molecule has 2 aliphatic rings. The van der Waals surface area contributed by atoms with Gasteiger partial charge in [-0.15, -0.1) is 13.2 Å². The van der Waals surface area contributed by atoms with Crippen LogP contribution in [0.3, 0.4) is 0 Å². The summed E-state index contributed by atoms with van der Waals surface area (Å²) in [7, 11) is 1.32. The Morgan fingerprint density at radius 2 is 1.71 bits per heavy atom. The number of likely N-dealkylation sites (tertiary alicyclic amines) is 1. The molecule has 1 saturated heterocycles. The number of carbonyl (C=O) groups is 4. The van der Waals surface area contributed by atoms with Crippen LogP contribution < -0.4 is 10.6 Å². The summed E-state index contributed by atoms with van der Waals surface area (Å²) in [5, 5.41) is 5.33. The molecule has 2 N–H and O–H groups in total. The van der Waals surface area contributed by atoms with Crippen LogP contribution in [0.5, 0.6) is 0 Å². The number of rotatable bonds is 7. The summed E-state index contributed by atoms with van der Waals surface area (Å²) in [4.78, 5) is 51.4. The molecule has 35 heavy (non-hydrogen) atoms. The fraction of sp³-hybridized carbons (Fsp3) is 0.769. The molecule has 0 aromatic rings. The topological polar surface area (TPSA) is 114 Å². The van der Waals surface area contributed by atoms with Crippen LogP contribution in [0.4, 0.5) is 4.79 Å². The molecule has 9 nitrogen and oxygen atoms in total. The van der Waals surface area contributed by atoms with E-state index in [-0.39, 0.29) is 27.1 Å². The molecule has 1 aliphatic heterocycles. The van der Waals surface area contributed by atoms with Crippen LogP contribution in [0.25, 0.3) is 0 Å². The predicted octanol–water partition coefficient (Wildman–Crippen LogP) is 4.45. The van der Waals surface area contributed by atoms with Crippen molar-refractivity contribution in [1.29, 1.82) is 0 Å². The highest BCUT2D eigenvalue weighted by atomic mass is 16.6. The Labute approximate surface area is 214 Å². The molecular formula is C26H51N3O6. The summed E-state index contributed by atoms with van der Waals surface area (Å²) in [6, 6.07) is -0.670. The normalized spacial score (nSPS) is 22.8. The molecule has 2 fully saturated rings. The van der Waals surface area contributed by atoms with E-state index < -0.39 is 29.2 Å². The summed E-state index contributed by atoms with van der Waals surface area (Å²) < 4.78 is 10.1. The van der Waals surface area contributed by atoms with Crippen LogP contribution in [-0.2, 0) is 23.9 Å². The number of nitrogens with zero attached hydrogens (tertiary/aromatic N) is 1. The highest BCUT2D eigenvalue weighted by Crippen LogP contribution is 2.47. The van der Waals surface area contributed by atoms with Gasteiger partial charge < -0.3 is 25.0 Å². The highest BCUT2D eigenvalue weighted by molar-refractivity contribution is 5.95. The van der Waals surface area contributed by atoms with Crippen molar-refractivity contribution in [3.8, 4) is 0 Å². The van der Waals surface area contributed by atoms with E-state index >= 15 is 0 Å². The molecule has 206 valence electrons. The van der Waals surface area contributed by atoms with Gasteiger partial charge in [-0.1, -0.05) is 33.6 Å². The van der Waals surface area contributed by atoms with Gasteiger partial charge in [0.25, 0.3) is 0 Å². The van der Waals surface area contributed by atoms with Gasteiger partial charge in [-0.25, -0.2) is 9.59 Å². The molecule has 0 bridgehead atoms. The number of amides is 3. The van der Waals surface area contributed by atoms with Gasteiger partial charge in [-0.05, 0) is 58.8 Å². The van der Waals surface area contributed by atoms with Crippen molar-refractivity contribution >= 4 is 23.9 Å². The molecule has 1 heterocycles. The molecule has 1 aliphatic carbocycles. The lowest BCUT2D eigenvalue weighted by Gasteiger charge is -2.35. The number of esters is 1. The zero-order valence-electron chi connectivity index (χ0n) is 22.8. The first kappa shape index (κ1) is 32.4. The average Bonchev–Trinajstić information content (AvgIpc) is 3.50. The summed E-state index contributed by atoms with van der Waals surface area (Å²) >= 11 is 0. The van der Waals surface area contributed by atoms with E-state index in [0.717, 1.165) is 25.7 Å². The maximum atomic E-state index is 13.0. The second-order valence-electron chi connectivity index (χ2n) is 9.80. The lowest BCUT2D eigenvalue weighted by molar-refractivity contribution is -0.149. The van der Waals surface area contributed by atoms with E-state index in [0.29, 0.717) is 19.4 Å². The van der Waals surface area contributed by atoms with Crippen LogP contribution in [0.15, 0.2) is 13.2 Å². The van der Waals surface area contributed by atoms with Gasteiger partial charge in [0, 0.05) is 9.40 Å². The summed E-state index contributed by atoms with van der Waals surface area (Å²) in [6.07, 6.45) is 4.96. The van der Waals surface area contributed by atoms with Crippen molar-refractivity contribution in [3.05, 3.63) is 13.2 Å². The Hall–Kier alpha value is -2.58. The Bertz CT molecular complexity index is 717. The minimum Gasteiger partial charge on any atom is -0.467 e. The third-order valence-corrected chi connectivity index (χ3v) is 5.55. The Kier molecular flexibility index (Phi) is 14.3. The lowest BCUT2D eigenvalue weighted by Crippen LogP contribution is -2.57. The molecule has 3 amide bonds. The predicted molar refractivity (Wildman–Crippen MR) is 141 cm³/mol. The molecule has 9 heteroatoms. The van der Waals surface area contributed by atoms with Gasteiger partial charge in [0.05, 0.1) is 7.11 Å². The standard InChI is InChI=1S/C21H35N3O6.C3H8.C2H4.2H2/c1-6-9-14-12-21(14,18(27)29-5)23-17(26)15-10-7-8-11-24(15)16(25)13-22-19(28)30-20(2,3)4;1-3-2;1-2;;/h14-15H,6-13H2,1-5H3,(H,22,28)(H,23,26);3H2,1-2H3;1-2H2;2*1H/t14-,15+,21-;;;;/m1..../s1. The third-order valence-electron chi connectivity index (χ3n) is 5.55. The number of carbonyl (C=O) groups excluding carboxylic acids is 4. The largest absolute Gasteiger partial charge is 0.467 e. The van der Waals surface area contributed by atoms with Crippen molar-refractivity contribution < 1.29 is 31.5 Å². The molecule has 0 unspecified atom stereocenters. The molecule has 0 spiro atoms. The molecular weight excluding hydrogens is 450 g/mol. The van der Waals surface area contributed by atoms with E-state index in [1.165, 1.54) is 18.4 Å². The summed E-state index contributed by atoms with van der Waals surface area (Å²) in [6.45, 7) is 17.7. The van der Waals surface area contributed by atoms with Gasteiger partial charge in [0.1, 0.15) is 23.7 Å². The summed E-state index contributed by atoms with van der Waals surface area (Å²) in [5.41, 5.74) is -1.65. The van der Waals surface area contributed by atoms with E-state index in [9.17, 15) is 19.2 Å². The Balaban J connectivity index is -0.00000154. The number of alkyl carbamates (subject to hydrolysis) is 1. The lowest BCUT2D eigenvalue weighted by atomic mass is 10.00. The first-order chi connectivity index (χ1) is 16.5. The number of piperidine rings is 1. The highest BCUT2D eigenvalue weighted by Gasteiger charge is 2.62. The van der Waals surface area contributed by atoms with Crippen LogP contribution in [-0.4, -0.2) is 66.2 Å². The van der Waals surface area contributed by atoms with E-state index in [2.05, 4.69) is 37.6 Å². The maximum Gasteiger partial charge on any atom is 0.408 e. The van der Waals surface area contributed by atoms with E-state index in [1.807, 2.05) is 6.92 Å². The smallest absolute Gasteiger partial charge is 0.408 e. The minimum atomic E-state index is -0.983. The van der Waals surface area contributed by atoms with Crippen LogP contribution in [0.1, 0.15) is 89.3 Å². The van der Waals surface area contributed by atoms with Gasteiger partial charge in [-0.2, -0.15) is 0 Å². The van der Waals surface area contributed by atoms with Crippen molar-refractivity contribution in [3.63, 3.8) is 0 Å². The second kappa shape index (κ2) is 15.4. The fourth-order valence-electron chi connectivity index (χ4n) is 4.03. The molecule has 0 aromatic carbocycles. The zero-order valence-corrected chi connectivity index (χ0v) is 22.8. The average molecular weight is 502 g/mol. The zero-order chi connectivity index (χ0) is 27.2. The molecule has 3 atom stereocenters. The van der Waals surface area contributed by atoms with Gasteiger partial charge in [-0.3, -0.25) is 9.59 Å². The fourth-order valence-corrected chi connectivity index (χ4v) is 4.03. The molecule has 0 radical (unpaired) electrons. The Morgan fingerprint density at radius 1 is 1.11 bits per heavy atom. The molecule has 2 rings (SSSR count). The number of hydrogen-bond donors (Lipinski definition) is 2. The second-order valence-corrected chi connectivity index (χ2v) is 9.80. The first-order valence-corrected chi connectivity index (χ1v) is 12.6. The maximum absolute atomic E-state index is 13.0. The number of ether oxygens (including phenoxy) is 2. The SMILES string of the molecule is C=C.CCC.CCC[C@@H]1C[C@]1(NC(=O)[C@@H]1CCCCN1C(=O)CNC(=O)OC(C)(C)C)C(=O)OC.[HH].[HH]. The van der Waals surface area contributed by atoms with E-state index in [4.69, 9.17) is 9.47 Å². The minimum absolute atomic E-state index is 0. The van der Waals surface area contributed by atoms with E-state index in [1.54, 1.807) is 20.8 Å². The van der Waals surface area contributed by atoms with Crippen molar-refractivity contribution in [2.24, 2.45) is 5.92 Å². The van der Waals surface area contributed by atoms with Crippen LogP contribution >= 0.6 is 0 Å².